The number of carbonyl (C=O) groups is 2. The maximum absolute atomic E-state index is 12.4. The summed E-state index contributed by atoms with van der Waals surface area (Å²) in [6.45, 7) is 7.17. The molecule has 5 heteroatoms. The third-order valence-corrected chi connectivity index (χ3v) is 3.46. The van der Waals surface area contributed by atoms with Crippen molar-refractivity contribution in [2.75, 3.05) is 13.2 Å². The maximum Gasteiger partial charge on any atom is 0.333 e. The van der Waals surface area contributed by atoms with Crippen molar-refractivity contribution >= 4 is 11.8 Å². The lowest BCUT2D eigenvalue weighted by Crippen LogP contribution is -2.12. The first kappa shape index (κ1) is 18.3. The van der Waals surface area contributed by atoms with Crippen LogP contribution in [0.5, 0.6) is 11.5 Å². The lowest BCUT2D eigenvalue weighted by Gasteiger charge is -2.09. The van der Waals surface area contributed by atoms with E-state index in [1.807, 2.05) is 19.1 Å². The Labute approximate surface area is 146 Å². The van der Waals surface area contributed by atoms with Crippen LogP contribution in [0.2, 0.25) is 0 Å². The van der Waals surface area contributed by atoms with E-state index in [1.165, 1.54) is 12.1 Å². The van der Waals surface area contributed by atoms with Crippen molar-refractivity contribution in [1.82, 2.24) is 0 Å². The molecular formula is C20H20O5. The van der Waals surface area contributed by atoms with Crippen molar-refractivity contribution in [2.24, 2.45) is 0 Å². The van der Waals surface area contributed by atoms with E-state index in [-0.39, 0.29) is 30.3 Å². The molecule has 0 heterocycles. The Balaban J connectivity index is 1.98. The van der Waals surface area contributed by atoms with Crippen LogP contribution in [-0.2, 0) is 9.53 Å². The summed E-state index contributed by atoms with van der Waals surface area (Å²) in [5, 5.41) is 10.1. The summed E-state index contributed by atoms with van der Waals surface area (Å²) in [5.41, 5.74) is 2.07. The number of ketones is 1. The molecule has 0 bridgehead atoms. The van der Waals surface area contributed by atoms with E-state index in [0.717, 1.165) is 5.56 Å². The topological polar surface area (TPSA) is 72.8 Å². The van der Waals surface area contributed by atoms with E-state index in [4.69, 9.17) is 9.47 Å². The third-order valence-electron chi connectivity index (χ3n) is 3.46. The lowest BCUT2D eigenvalue weighted by atomic mass is 10.0. The van der Waals surface area contributed by atoms with Gasteiger partial charge < -0.3 is 14.6 Å². The summed E-state index contributed by atoms with van der Waals surface area (Å²) >= 11 is 0. The van der Waals surface area contributed by atoms with Crippen LogP contribution in [0.3, 0.4) is 0 Å². The van der Waals surface area contributed by atoms with Gasteiger partial charge in [0.15, 0.2) is 5.78 Å². The number of phenolic OH excluding ortho intramolecular Hbond substituents is 1. The lowest BCUT2D eigenvalue weighted by molar-refractivity contribution is -0.139. The van der Waals surface area contributed by atoms with Gasteiger partial charge in [-0.05, 0) is 26.0 Å². The van der Waals surface area contributed by atoms with Crippen molar-refractivity contribution in [1.29, 1.82) is 0 Å². The van der Waals surface area contributed by atoms with Crippen molar-refractivity contribution in [3.8, 4) is 11.5 Å². The third kappa shape index (κ3) is 4.94. The molecule has 0 aromatic heterocycles. The van der Waals surface area contributed by atoms with Gasteiger partial charge in [-0.25, -0.2) is 4.79 Å². The highest BCUT2D eigenvalue weighted by atomic mass is 16.6. The Morgan fingerprint density at radius 3 is 2.36 bits per heavy atom. The summed E-state index contributed by atoms with van der Waals surface area (Å²) in [6, 6.07) is 11.6. The summed E-state index contributed by atoms with van der Waals surface area (Å²) in [5.74, 6) is -0.531. The first-order valence-electron chi connectivity index (χ1n) is 7.78. The summed E-state index contributed by atoms with van der Waals surface area (Å²) < 4.78 is 10.3. The number of ether oxygens (including phenoxy) is 2. The molecule has 2 aromatic carbocycles. The Morgan fingerprint density at radius 1 is 1.08 bits per heavy atom. The Morgan fingerprint density at radius 2 is 1.76 bits per heavy atom. The normalized spacial score (nSPS) is 10.2. The molecule has 25 heavy (non-hydrogen) atoms. The quantitative estimate of drug-likeness (QED) is 0.362. The van der Waals surface area contributed by atoms with Crippen molar-refractivity contribution in [2.45, 2.75) is 13.8 Å². The number of aromatic hydroxyl groups is 1. The molecule has 0 atom stereocenters. The molecule has 0 unspecified atom stereocenters. The highest BCUT2D eigenvalue weighted by Crippen LogP contribution is 2.26. The summed E-state index contributed by atoms with van der Waals surface area (Å²) in [6.07, 6.45) is 0. The minimum Gasteiger partial charge on any atom is -0.507 e. The molecule has 5 nitrogen and oxygen atoms in total. The number of rotatable bonds is 7. The molecule has 0 saturated carbocycles. The minimum atomic E-state index is -0.481. The van der Waals surface area contributed by atoms with Crippen LogP contribution in [0.15, 0.2) is 54.6 Å². The summed E-state index contributed by atoms with van der Waals surface area (Å²) in [7, 11) is 0. The number of esters is 1. The monoisotopic (exact) mass is 340 g/mol. The van der Waals surface area contributed by atoms with Crippen LogP contribution >= 0.6 is 0 Å². The van der Waals surface area contributed by atoms with Gasteiger partial charge in [0.05, 0.1) is 5.56 Å². The zero-order valence-corrected chi connectivity index (χ0v) is 14.2. The fourth-order valence-corrected chi connectivity index (χ4v) is 2.07. The number of hydrogen-bond donors (Lipinski definition) is 1. The highest BCUT2D eigenvalue weighted by molar-refractivity contribution is 6.10. The van der Waals surface area contributed by atoms with Gasteiger partial charge in [0.1, 0.15) is 24.7 Å². The zero-order valence-electron chi connectivity index (χ0n) is 14.2. The molecule has 0 radical (unpaired) electrons. The molecule has 0 aliphatic heterocycles. The molecule has 2 rings (SSSR count). The molecule has 0 fully saturated rings. The average molecular weight is 340 g/mol. The molecule has 1 N–H and O–H groups in total. The largest absolute Gasteiger partial charge is 0.507 e. The Bertz CT molecular complexity index is 790. The van der Waals surface area contributed by atoms with E-state index in [2.05, 4.69) is 6.58 Å². The molecule has 2 aromatic rings. The van der Waals surface area contributed by atoms with E-state index in [0.29, 0.717) is 16.9 Å². The molecule has 130 valence electrons. The SMILES string of the molecule is C=C(C)C(=O)OCCOc1ccc(C(=O)c2ccc(C)cc2)c(O)c1. The van der Waals surface area contributed by atoms with E-state index >= 15 is 0 Å². The predicted molar refractivity (Wildman–Crippen MR) is 94.0 cm³/mol. The van der Waals surface area contributed by atoms with Crippen LogP contribution in [0.25, 0.3) is 0 Å². The fourth-order valence-electron chi connectivity index (χ4n) is 2.07. The molecule has 0 aliphatic carbocycles. The zero-order chi connectivity index (χ0) is 18.4. The van der Waals surface area contributed by atoms with Gasteiger partial charge in [0.2, 0.25) is 0 Å². The Kier molecular flexibility index (Phi) is 5.95. The van der Waals surface area contributed by atoms with Gasteiger partial charge in [0.25, 0.3) is 0 Å². The van der Waals surface area contributed by atoms with Gasteiger partial charge in [-0.15, -0.1) is 0 Å². The second-order valence-corrected chi connectivity index (χ2v) is 5.64. The Hall–Kier alpha value is -3.08. The number of benzene rings is 2. The maximum atomic E-state index is 12.4. The highest BCUT2D eigenvalue weighted by Gasteiger charge is 2.14. The minimum absolute atomic E-state index is 0.0660. The molecular weight excluding hydrogens is 320 g/mol. The summed E-state index contributed by atoms with van der Waals surface area (Å²) in [4.78, 5) is 23.7. The van der Waals surface area contributed by atoms with Gasteiger partial charge in [-0.3, -0.25) is 4.79 Å². The van der Waals surface area contributed by atoms with Gasteiger partial charge >= 0.3 is 5.97 Å². The molecule has 0 spiro atoms. The van der Waals surface area contributed by atoms with E-state index in [1.54, 1.807) is 25.1 Å². The second-order valence-electron chi connectivity index (χ2n) is 5.64. The first-order valence-corrected chi connectivity index (χ1v) is 7.78. The van der Waals surface area contributed by atoms with Gasteiger partial charge in [-0.1, -0.05) is 36.4 Å². The predicted octanol–water partition coefficient (Wildman–Crippen LogP) is 3.43. The van der Waals surface area contributed by atoms with Gasteiger partial charge in [-0.2, -0.15) is 0 Å². The first-order chi connectivity index (χ1) is 11.9. The van der Waals surface area contributed by atoms with Crippen molar-refractivity contribution in [3.05, 3.63) is 71.3 Å². The number of hydrogen-bond acceptors (Lipinski definition) is 5. The van der Waals surface area contributed by atoms with Crippen LogP contribution in [0, 0.1) is 6.92 Å². The van der Waals surface area contributed by atoms with Crippen LogP contribution in [0.4, 0.5) is 0 Å². The number of aryl methyl sites for hydroxylation is 1. The molecule has 0 saturated heterocycles. The van der Waals surface area contributed by atoms with Crippen LogP contribution in [-0.4, -0.2) is 30.1 Å². The van der Waals surface area contributed by atoms with E-state index in [9.17, 15) is 14.7 Å². The standard InChI is InChI=1S/C20H20O5/c1-13(2)20(23)25-11-10-24-16-8-9-17(18(21)12-16)19(22)15-6-4-14(3)5-7-15/h4-9,12,21H,1,10-11H2,2-3H3. The molecule has 0 aliphatic rings. The van der Waals surface area contributed by atoms with Crippen molar-refractivity contribution in [3.63, 3.8) is 0 Å². The average Bonchev–Trinajstić information content (AvgIpc) is 2.58. The smallest absolute Gasteiger partial charge is 0.333 e. The van der Waals surface area contributed by atoms with Crippen LogP contribution in [0.1, 0.15) is 28.4 Å². The second kappa shape index (κ2) is 8.15. The van der Waals surface area contributed by atoms with Gasteiger partial charge in [0, 0.05) is 17.2 Å². The fraction of sp³-hybridized carbons (Fsp3) is 0.200. The van der Waals surface area contributed by atoms with Crippen LogP contribution < -0.4 is 4.74 Å². The number of carbonyl (C=O) groups excluding carboxylic acids is 2. The molecule has 0 amide bonds. The van der Waals surface area contributed by atoms with E-state index < -0.39 is 5.97 Å². The number of phenols is 1. The van der Waals surface area contributed by atoms with Crippen molar-refractivity contribution < 1.29 is 24.2 Å².